The molecule has 0 heterocycles. The van der Waals surface area contributed by atoms with Gasteiger partial charge in [0.05, 0.1) is 34.4 Å². The third kappa shape index (κ3) is 8.96. The minimum Gasteiger partial charge on any atom is -0.494 e. The lowest BCUT2D eigenvalue weighted by Gasteiger charge is -2.22. The van der Waals surface area contributed by atoms with Gasteiger partial charge in [0.25, 0.3) is 0 Å². The number of para-hydroxylation sites is 1. The number of hydrogen-bond donors (Lipinski definition) is 2. The van der Waals surface area contributed by atoms with Gasteiger partial charge in [0.15, 0.2) is 5.11 Å². The predicted molar refractivity (Wildman–Crippen MR) is 141 cm³/mol. The minimum absolute atomic E-state index is 0.535. The quantitative estimate of drug-likeness (QED) is 0.331. The van der Waals surface area contributed by atoms with Crippen LogP contribution in [0, 0.1) is 0 Å². The summed E-state index contributed by atoms with van der Waals surface area (Å²) in [4.78, 5) is 0. The molecule has 0 saturated heterocycles. The number of ether oxygens (including phenoxy) is 2. The van der Waals surface area contributed by atoms with Gasteiger partial charge in [-0.15, -0.1) is 0 Å². The fourth-order valence-electron chi connectivity index (χ4n) is 2.77. The van der Waals surface area contributed by atoms with Gasteiger partial charge in [-0.25, -0.2) is 0 Å². The summed E-state index contributed by atoms with van der Waals surface area (Å²) in [7, 11) is 6.49. The molecule has 0 aliphatic rings. The van der Waals surface area contributed by atoms with Crippen molar-refractivity contribution < 1.29 is 9.47 Å². The highest BCUT2D eigenvalue weighted by Crippen LogP contribution is 2.18. The van der Waals surface area contributed by atoms with Gasteiger partial charge in [-0.3, -0.25) is 4.48 Å². The largest absolute Gasteiger partial charge is 0.494 e. The van der Waals surface area contributed by atoms with Gasteiger partial charge in [-0.05, 0) is 86.7 Å². The van der Waals surface area contributed by atoms with Crippen molar-refractivity contribution in [2.45, 2.75) is 13.8 Å². The topological polar surface area (TPSA) is 42.5 Å². The monoisotopic (exact) mass is 452 g/mol. The van der Waals surface area contributed by atoms with Crippen molar-refractivity contribution in [3.63, 3.8) is 0 Å². The summed E-state index contributed by atoms with van der Waals surface area (Å²) in [5, 5.41) is 6.80. The van der Waals surface area contributed by atoms with Gasteiger partial charge in [-0.1, -0.05) is 18.2 Å². The van der Waals surface area contributed by atoms with Crippen LogP contribution in [0.4, 0.5) is 17.1 Å². The first-order valence-corrected chi connectivity index (χ1v) is 11.1. The first-order chi connectivity index (χ1) is 15.3. The van der Waals surface area contributed by atoms with Crippen molar-refractivity contribution in [3.05, 3.63) is 78.9 Å². The van der Waals surface area contributed by atoms with E-state index in [-0.39, 0.29) is 0 Å². The normalized spacial score (nSPS) is 10.4. The predicted octanol–water partition coefficient (Wildman–Crippen LogP) is 6.18. The van der Waals surface area contributed by atoms with Gasteiger partial charge >= 0.3 is 0 Å². The highest BCUT2D eigenvalue weighted by atomic mass is 32.1. The molecular weight excluding hydrogens is 418 g/mol. The molecule has 32 heavy (non-hydrogen) atoms. The molecule has 0 bridgehead atoms. The SMILES string of the molecule is CCOc1ccc(NC(=S)Nc2ccc(OCC)cc2)cc1.C[N+](C)(C)c1ccccc1. The standard InChI is InChI=1S/C17H20N2O2S.C9H14N/c1-3-20-15-9-5-13(6-10-15)18-17(22)19-14-7-11-16(12-8-14)21-4-2;1-10(2,3)9-7-5-4-6-8-9/h5-12H,3-4H2,1-2H3,(H2,18,19,22);4-8H,1-3H3/q;+1. The maximum absolute atomic E-state index is 5.40. The van der Waals surface area contributed by atoms with Crippen molar-refractivity contribution in [1.82, 2.24) is 4.48 Å². The Morgan fingerprint density at radius 2 is 1.09 bits per heavy atom. The van der Waals surface area contributed by atoms with Gasteiger partial charge < -0.3 is 20.1 Å². The maximum atomic E-state index is 5.40. The van der Waals surface area contributed by atoms with E-state index in [9.17, 15) is 0 Å². The molecule has 0 atom stereocenters. The molecule has 0 aliphatic carbocycles. The fraction of sp³-hybridized carbons (Fsp3) is 0.269. The zero-order chi connectivity index (χ0) is 23.4. The second-order valence-electron chi connectivity index (χ2n) is 7.84. The molecule has 3 aromatic carbocycles. The summed E-state index contributed by atoms with van der Waals surface area (Å²) in [5.41, 5.74) is 3.15. The van der Waals surface area contributed by atoms with Crippen molar-refractivity contribution in [2.24, 2.45) is 0 Å². The minimum atomic E-state index is 0.535. The number of hydrogen-bond acceptors (Lipinski definition) is 3. The van der Waals surface area contributed by atoms with E-state index in [1.54, 1.807) is 0 Å². The first-order valence-electron chi connectivity index (χ1n) is 10.7. The third-order valence-electron chi connectivity index (χ3n) is 4.38. The Morgan fingerprint density at radius 1 is 0.688 bits per heavy atom. The zero-order valence-electron chi connectivity index (χ0n) is 19.6. The number of nitrogens with one attached hydrogen (secondary N) is 2. The molecule has 0 spiro atoms. The molecule has 0 fully saturated rings. The summed E-state index contributed by atoms with van der Waals surface area (Å²) >= 11 is 5.30. The van der Waals surface area contributed by atoms with Crippen molar-refractivity contribution in [2.75, 3.05) is 45.0 Å². The third-order valence-corrected chi connectivity index (χ3v) is 4.58. The number of benzene rings is 3. The number of quaternary nitrogens is 1. The average Bonchev–Trinajstić information content (AvgIpc) is 2.77. The van der Waals surface area contributed by atoms with Crippen LogP contribution < -0.4 is 24.6 Å². The molecular formula is C26H34N3O2S+. The molecule has 0 aromatic heterocycles. The van der Waals surface area contributed by atoms with E-state index in [0.717, 1.165) is 27.4 Å². The fourth-order valence-corrected chi connectivity index (χ4v) is 3.01. The Labute approximate surface area is 197 Å². The van der Waals surface area contributed by atoms with Crippen LogP contribution in [0.2, 0.25) is 0 Å². The molecule has 0 amide bonds. The highest BCUT2D eigenvalue weighted by molar-refractivity contribution is 7.80. The van der Waals surface area contributed by atoms with Crippen LogP contribution in [-0.4, -0.2) is 39.5 Å². The van der Waals surface area contributed by atoms with E-state index in [2.05, 4.69) is 56.0 Å². The molecule has 0 saturated carbocycles. The first kappa shape index (κ1) is 25.2. The lowest BCUT2D eigenvalue weighted by atomic mass is 10.3. The van der Waals surface area contributed by atoms with Crippen LogP contribution >= 0.6 is 12.2 Å². The number of nitrogens with zero attached hydrogens (tertiary/aromatic N) is 1. The van der Waals surface area contributed by atoms with Crippen LogP contribution in [0.1, 0.15) is 13.8 Å². The highest BCUT2D eigenvalue weighted by Gasteiger charge is 2.09. The van der Waals surface area contributed by atoms with E-state index in [1.165, 1.54) is 5.69 Å². The smallest absolute Gasteiger partial charge is 0.175 e. The Hall–Kier alpha value is -3.09. The van der Waals surface area contributed by atoms with Crippen molar-refractivity contribution in [1.29, 1.82) is 0 Å². The molecule has 3 rings (SSSR count). The van der Waals surface area contributed by atoms with Crippen molar-refractivity contribution >= 4 is 34.4 Å². The molecule has 0 unspecified atom stereocenters. The van der Waals surface area contributed by atoms with Gasteiger partial charge in [0, 0.05) is 11.4 Å². The van der Waals surface area contributed by atoms with Gasteiger partial charge in [0.2, 0.25) is 0 Å². The summed E-state index contributed by atoms with van der Waals surface area (Å²) in [6.07, 6.45) is 0. The Morgan fingerprint density at radius 3 is 1.41 bits per heavy atom. The van der Waals surface area contributed by atoms with Crippen LogP contribution in [0.5, 0.6) is 11.5 Å². The molecule has 5 nitrogen and oxygen atoms in total. The lowest BCUT2D eigenvalue weighted by molar-refractivity contribution is 0.340. The second-order valence-corrected chi connectivity index (χ2v) is 8.25. The lowest BCUT2D eigenvalue weighted by Crippen LogP contribution is -2.34. The second kappa shape index (κ2) is 12.7. The summed E-state index contributed by atoms with van der Waals surface area (Å²) < 4.78 is 11.7. The van der Waals surface area contributed by atoms with Crippen LogP contribution in [0.15, 0.2) is 78.9 Å². The maximum Gasteiger partial charge on any atom is 0.175 e. The zero-order valence-corrected chi connectivity index (χ0v) is 20.4. The van der Waals surface area contributed by atoms with Crippen molar-refractivity contribution in [3.8, 4) is 11.5 Å². The molecule has 6 heteroatoms. The summed E-state index contributed by atoms with van der Waals surface area (Å²) in [5.74, 6) is 1.69. The number of thiocarbonyl (C=S) groups is 1. The molecule has 0 radical (unpaired) electrons. The van der Waals surface area contributed by atoms with E-state index in [0.29, 0.717) is 18.3 Å². The summed E-state index contributed by atoms with van der Waals surface area (Å²) in [6, 6.07) is 25.8. The number of anilines is 2. The van der Waals surface area contributed by atoms with E-state index in [4.69, 9.17) is 21.7 Å². The van der Waals surface area contributed by atoms with Crippen LogP contribution in [0.25, 0.3) is 0 Å². The molecule has 0 aliphatic heterocycles. The Kier molecular flexibility index (Phi) is 9.98. The Bertz CT molecular complexity index is 884. The molecule has 3 aromatic rings. The molecule has 170 valence electrons. The van der Waals surface area contributed by atoms with E-state index < -0.39 is 0 Å². The van der Waals surface area contributed by atoms with E-state index >= 15 is 0 Å². The summed E-state index contributed by atoms with van der Waals surface area (Å²) in [6.45, 7) is 5.24. The van der Waals surface area contributed by atoms with Crippen LogP contribution in [-0.2, 0) is 0 Å². The average molecular weight is 453 g/mol. The molecule has 2 N–H and O–H groups in total. The van der Waals surface area contributed by atoms with Gasteiger partial charge in [-0.2, -0.15) is 0 Å². The van der Waals surface area contributed by atoms with E-state index in [1.807, 2.05) is 68.4 Å². The number of rotatable bonds is 7. The Balaban J connectivity index is 0.000000303. The van der Waals surface area contributed by atoms with Gasteiger partial charge in [0.1, 0.15) is 17.2 Å². The van der Waals surface area contributed by atoms with Crippen LogP contribution in [0.3, 0.4) is 0 Å².